The maximum absolute atomic E-state index is 10.9. The molecule has 1 aromatic heterocycles. The molecule has 0 spiro atoms. The van der Waals surface area contributed by atoms with Crippen molar-refractivity contribution in [2.24, 2.45) is 5.92 Å². The molecular formula is C13H20N2O2S. The van der Waals surface area contributed by atoms with Gasteiger partial charge in [0.15, 0.2) is 0 Å². The fraction of sp³-hybridized carbons (Fsp3) is 0.615. The topological polar surface area (TPSA) is 43.8 Å². The van der Waals surface area contributed by atoms with E-state index in [1.54, 1.807) is 6.07 Å². The van der Waals surface area contributed by atoms with E-state index in [4.69, 9.17) is 5.11 Å². The minimum absolute atomic E-state index is 0.426. The summed E-state index contributed by atoms with van der Waals surface area (Å²) in [6.45, 7) is 9.74. The average molecular weight is 268 g/mol. The van der Waals surface area contributed by atoms with E-state index in [0.29, 0.717) is 10.8 Å². The molecule has 0 unspecified atom stereocenters. The normalized spacial score (nSPS) is 17.4. The summed E-state index contributed by atoms with van der Waals surface area (Å²) in [5.74, 6) is -0.124. The minimum Gasteiger partial charge on any atom is -0.477 e. The molecule has 18 heavy (non-hydrogen) atoms. The van der Waals surface area contributed by atoms with E-state index in [1.165, 1.54) is 11.3 Å². The van der Waals surface area contributed by atoms with Gasteiger partial charge in [-0.3, -0.25) is 4.90 Å². The highest BCUT2D eigenvalue weighted by molar-refractivity contribution is 7.12. The van der Waals surface area contributed by atoms with E-state index in [9.17, 15) is 4.79 Å². The molecule has 0 atom stereocenters. The first-order chi connectivity index (χ1) is 8.56. The number of nitrogens with zero attached hydrogens (tertiary/aromatic N) is 2. The lowest BCUT2D eigenvalue weighted by atomic mass is 10.2. The number of piperazine rings is 1. The Morgan fingerprint density at radius 2 is 2.06 bits per heavy atom. The zero-order chi connectivity index (χ0) is 13.1. The van der Waals surface area contributed by atoms with Crippen molar-refractivity contribution in [1.29, 1.82) is 0 Å². The Balaban J connectivity index is 1.90. The van der Waals surface area contributed by atoms with Crippen LogP contribution in [0.15, 0.2) is 11.4 Å². The van der Waals surface area contributed by atoms with E-state index >= 15 is 0 Å². The summed E-state index contributed by atoms with van der Waals surface area (Å²) < 4.78 is 0. The lowest BCUT2D eigenvalue weighted by molar-refractivity contribution is 0.0702. The Kier molecular flexibility index (Phi) is 4.24. The second-order valence-electron chi connectivity index (χ2n) is 5.16. The van der Waals surface area contributed by atoms with Gasteiger partial charge in [0.1, 0.15) is 4.88 Å². The van der Waals surface area contributed by atoms with Crippen molar-refractivity contribution < 1.29 is 9.90 Å². The molecule has 0 saturated carbocycles. The van der Waals surface area contributed by atoms with E-state index in [1.807, 2.05) is 5.38 Å². The van der Waals surface area contributed by atoms with Crippen LogP contribution in [0.5, 0.6) is 0 Å². The van der Waals surface area contributed by atoms with Crippen LogP contribution in [-0.2, 0) is 0 Å². The molecule has 0 bridgehead atoms. The van der Waals surface area contributed by atoms with Crippen LogP contribution < -0.4 is 4.90 Å². The molecule has 0 aromatic carbocycles. The Labute approximate surface area is 112 Å². The molecule has 0 radical (unpaired) electrons. The van der Waals surface area contributed by atoms with Crippen LogP contribution in [0.25, 0.3) is 0 Å². The third-order valence-electron chi connectivity index (χ3n) is 3.16. The number of rotatable bonds is 4. The van der Waals surface area contributed by atoms with Crippen LogP contribution in [0.3, 0.4) is 0 Å². The lowest BCUT2D eigenvalue weighted by Gasteiger charge is -2.36. The third kappa shape index (κ3) is 3.23. The summed E-state index contributed by atoms with van der Waals surface area (Å²) >= 11 is 1.31. The summed E-state index contributed by atoms with van der Waals surface area (Å²) in [4.78, 5) is 16.0. The highest BCUT2D eigenvalue weighted by Crippen LogP contribution is 2.24. The molecular weight excluding hydrogens is 248 g/mol. The summed E-state index contributed by atoms with van der Waals surface area (Å²) in [5, 5.41) is 10.9. The molecule has 1 aromatic rings. The van der Waals surface area contributed by atoms with Gasteiger partial charge in [-0.1, -0.05) is 13.8 Å². The van der Waals surface area contributed by atoms with Gasteiger partial charge < -0.3 is 10.0 Å². The zero-order valence-electron chi connectivity index (χ0n) is 10.9. The minimum atomic E-state index is -0.829. The molecule has 0 amide bonds. The molecule has 1 fully saturated rings. The number of hydrogen-bond acceptors (Lipinski definition) is 4. The Morgan fingerprint density at radius 1 is 1.39 bits per heavy atom. The highest BCUT2D eigenvalue weighted by Gasteiger charge is 2.19. The molecule has 2 rings (SSSR count). The summed E-state index contributed by atoms with van der Waals surface area (Å²) in [7, 11) is 0. The van der Waals surface area contributed by atoms with Crippen molar-refractivity contribution in [2.75, 3.05) is 37.6 Å². The average Bonchev–Trinajstić information content (AvgIpc) is 2.78. The van der Waals surface area contributed by atoms with E-state index < -0.39 is 5.97 Å². The Bertz CT molecular complexity index is 409. The number of hydrogen-bond donors (Lipinski definition) is 1. The second-order valence-corrected chi connectivity index (χ2v) is 6.07. The molecule has 1 aliphatic heterocycles. The van der Waals surface area contributed by atoms with Gasteiger partial charge in [-0.05, 0) is 12.0 Å². The van der Waals surface area contributed by atoms with Crippen molar-refractivity contribution >= 4 is 23.0 Å². The third-order valence-corrected chi connectivity index (χ3v) is 4.06. The van der Waals surface area contributed by atoms with Gasteiger partial charge in [0.05, 0.1) is 0 Å². The van der Waals surface area contributed by atoms with Gasteiger partial charge in [0, 0.05) is 43.8 Å². The Morgan fingerprint density at radius 3 is 2.56 bits per heavy atom. The van der Waals surface area contributed by atoms with Crippen LogP contribution in [-0.4, -0.2) is 48.7 Å². The predicted molar refractivity (Wildman–Crippen MR) is 74.8 cm³/mol. The number of aromatic carboxylic acids is 1. The summed E-state index contributed by atoms with van der Waals surface area (Å²) in [6.07, 6.45) is 0. The summed E-state index contributed by atoms with van der Waals surface area (Å²) in [6, 6.07) is 1.78. The fourth-order valence-corrected chi connectivity index (χ4v) is 3.06. The van der Waals surface area contributed by atoms with Crippen LogP contribution in [0.2, 0.25) is 0 Å². The number of carboxylic acids is 1. The van der Waals surface area contributed by atoms with Gasteiger partial charge in [-0.15, -0.1) is 11.3 Å². The van der Waals surface area contributed by atoms with E-state index in [0.717, 1.165) is 38.4 Å². The van der Waals surface area contributed by atoms with Crippen molar-refractivity contribution in [3.63, 3.8) is 0 Å². The maximum atomic E-state index is 10.9. The molecule has 5 heteroatoms. The zero-order valence-corrected chi connectivity index (χ0v) is 11.7. The van der Waals surface area contributed by atoms with Gasteiger partial charge >= 0.3 is 5.97 Å². The predicted octanol–water partition coefficient (Wildman–Crippen LogP) is 2.22. The highest BCUT2D eigenvalue weighted by atomic mass is 32.1. The molecule has 4 nitrogen and oxygen atoms in total. The monoisotopic (exact) mass is 268 g/mol. The largest absolute Gasteiger partial charge is 0.477 e. The molecule has 1 aliphatic rings. The first kappa shape index (κ1) is 13.4. The van der Waals surface area contributed by atoms with Crippen molar-refractivity contribution in [2.45, 2.75) is 13.8 Å². The fourth-order valence-electron chi connectivity index (χ4n) is 2.31. The first-order valence-electron chi connectivity index (χ1n) is 6.35. The molecule has 1 N–H and O–H groups in total. The SMILES string of the molecule is CC(C)CN1CCN(c2csc(C(=O)O)c2)CC1. The quantitative estimate of drug-likeness (QED) is 0.909. The molecule has 2 heterocycles. The lowest BCUT2D eigenvalue weighted by Crippen LogP contribution is -2.47. The van der Waals surface area contributed by atoms with Crippen molar-refractivity contribution in [3.05, 3.63) is 16.3 Å². The number of anilines is 1. The molecule has 1 saturated heterocycles. The van der Waals surface area contributed by atoms with Gasteiger partial charge in [-0.25, -0.2) is 4.79 Å². The summed E-state index contributed by atoms with van der Waals surface area (Å²) in [5.41, 5.74) is 1.06. The van der Waals surface area contributed by atoms with Gasteiger partial charge in [-0.2, -0.15) is 0 Å². The van der Waals surface area contributed by atoms with Crippen LogP contribution in [0.1, 0.15) is 23.5 Å². The van der Waals surface area contributed by atoms with Crippen LogP contribution >= 0.6 is 11.3 Å². The Hall–Kier alpha value is -1.07. The first-order valence-corrected chi connectivity index (χ1v) is 7.23. The van der Waals surface area contributed by atoms with Crippen LogP contribution in [0, 0.1) is 5.92 Å². The standard InChI is InChI=1S/C13H20N2O2S/c1-10(2)8-14-3-5-15(6-4-14)11-7-12(13(16)17)18-9-11/h7,9-10H,3-6,8H2,1-2H3,(H,16,17). The van der Waals surface area contributed by atoms with Crippen molar-refractivity contribution in [1.82, 2.24) is 4.90 Å². The van der Waals surface area contributed by atoms with Crippen molar-refractivity contribution in [3.8, 4) is 0 Å². The van der Waals surface area contributed by atoms with E-state index in [2.05, 4.69) is 23.6 Å². The van der Waals surface area contributed by atoms with Gasteiger partial charge in [0.25, 0.3) is 0 Å². The number of thiophene rings is 1. The molecule has 100 valence electrons. The van der Waals surface area contributed by atoms with E-state index in [-0.39, 0.29) is 0 Å². The number of carboxylic acid groups (broad SMARTS) is 1. The second kappa shape index (κ2) is 5.71. The van der Waals surface area contributed by atoms with Crippen LogP contribution in [0.4, 0.5) is 5.69 Å². The number of carbonyl (C=O) groups is 1. The molecule has 0 aliphatic carbocycles. The maximum Gasteiger partial charge on any atom is 0.345 e. The van der Waals surface area contributed by atoms with Gasteiger partial charge in [0.2, 0.25) is 0 Å². The smallest absolute Gasteiger partial charge is 0.345 e.